The number of rotatable bonds is 3. The summed E-state index contributed by atoms with van der Waals surface area (Å²) in [6.45, 7) is 6.26. The molecule has 0 bridgehead atoms. The molecule has 1 aromatic carbocycles. The molecule has 2 unspecified atom stereocenters. The van der Waals surface area contributed by atoms with Crippen molar-refractivity contribution < 1.29 is 14.6 Å². The van der Waals surface area contributed by atoms with Crippen LogP contribution in [0.3, 0.4) is 0 Å². The zero-order valence-electron chi connectivity index (χ0n) is 13.4. The summed E-state index contributed by atoms with van der Waals surface area (Å²) in [7, 11) is 0. The molecule has 0 spiro atoms. The Morgan fingerprint density at radius 1 is 1.50 bits per heavy atom. The van der Waals surface area contributed by atoms with E-state index >= 15 is 0 Å². The quantitative estimate of drug-likeness (QED) is 0.907. The number of likely N-dealkylation sites (tertiary alicyclic amines) is 1. The number of halogens is 1. The first kappa shape index (κ1) is 17.1. The van der Waals surface area contributed by atoms with Crippen LogP contribution in [-0.2, 0) is 4.74 Å². The summed E-state index contributed by atoms with van der Waals surface area (Å²) >= 11 is 5.96. The monoisotopic (exact) mass is 325 g/mol. The topological polar surface area (TPSA) is 49.8 Å². The maximum atomic E-state index is 12.2. The molecule has 1 aliphatic rings. The number of aliphatic hydroxyl groups is 1. The van der Waals surface area contributed by atoms with Crippen LogP contribution in [0, 0.1) is 0 Å². The SMILES string of the molecule is CC(C)(C)OC(=O)N1CCCC1CC(O)c1cccc(Cl)c1. The fraction of sp³-hybridized carbons (Fsp3) is 0.588. The number of aliphatic hydroxyl groups excluding tert-OH is 1. The summed E-state index contributed by atoms with van der Waals surface area (Å²) in [5.74, 6) is 0. The van der Waals surface area contributed by atoms with Crippen molar-refractivity contribution in [1.82, 2.24) is 4.90 Å². The third kappa shape index (κ3) is 4.62. The number of carbonyl (C=O) groups is 1. The summed E-state index contributed by atoms with van der Waals surface area (Å²) in [4.78, 5) is 14.0. The zero-order valence-corrected chi connectivity index (χ0v) is 14.1. The summed E-state index contributed by atoms with van der Waals surface area (Å²) in [5, 5.41) is 11.0. The van der Waals surface area contributed by atoms with E-state index in [1.807, 2.05) is 32.9 Å². The van der Waals surface area contributed by atoms with E-state index in [-0.39, 0.29) is 12.1 Å². The molecular formula is C17H24ClNO3. The maximum Gasteiger partial charge on any atom is 0.410 e. The van der Waals surface area contributed by atoms with Crippen molar-refractivity contribution in [1.29, 1.82) is 0 Å². The number of hydrogen-bond donors (Lipinski definition) is 1. The molecule has 4 nitrogen and oxygen atoms in total. The molecule has 1 aromatic rings. The molecule has 0 aromatic heterocycles. The van der Waals surface area contributed by atoms with Crippen LogP contribution in [0.4, 0.5) is 4.79 Å². The Hall–Kier alpha value is -1.26. The summed E-state index contributed by atoms with van der Waals surface area (Å²) in [5.41, 5.74) is 0.277. The molecule has 1 amide bonds. The third-order valence-corrected chi connectivity index (χ3v) is 3.97. The largest absolute Gasteiger partial charge is 0.444 e. The van der Waals surface area contributed by atoms with Crippen LogP contribution in [0.25, 0.3) is 0 Å². The van der Waals surface area contributed by atoms with Crippen molar-refractivity contribution in [3.63, 3.8) is 0 Å². The predicted octanol–water partition coefficient (Wildman–Crippen LogP) is 4.16. The highest BCUT2D eigenvalue weighted by molar-refractivity contribution is 6.30. The van der Waals surface area contributed by atoms with Gasteiger partial charge in [-0.15, -0.1) is 0 Å². The van der Waals surface area contributed by atoms with Crippen LogP contribution >= 0.6 is 11.6 Å². The van der Waals surface area contributed by atoms with E-state index in [4.69, 9.17) is 16.3 Å². The molecule has 1 aliphatic heterocycles. The highest BCUT2D eigenvalue weighted by Gasteiger charge is 2.33. The summed E-state index contributed by atoms with van der Waals surface area (Å²) in [6, 6.07) is 7.22. The lowest BCUT2D eigenvalue weighted by Gasteiger charge is -2.29. The Balaban J connectivity index is 2.00. The molecule has 1 saturated heterocycles. The first-order chi connectivity index (χ1) is 10.3. The van der Waals surface area contributed by atoms with Gasteiger partial charge in [0.1, 0.15) is 5.60 Å². The van der Waals surface area contributed by atoms with Crippen LogP contribution in [0.2, 0.25) is 5.02 Å². The van der Waals surface area contributed by atoms with Crippen LogP contribution in [0.15, 0.2) is 24.3 Å². The number of hydrogen-bond acceptors (Lipinski definition) is 3. The second kappa shape index (κ2) is 6.88. The Kier molecular flexibility index (Phi) is 5.35. The Morgan fingerprint density at radius 2 is 2.23 bits per heavy atom. The van der Waals surface area contributed by atoms with Crippen LogP contribution in [0.5, 0.6) is 0 Å². The average molecular weight is 326 g/mol. The van der Waals surface area contributed by atoms with Crippen molar-refractivity contribution >= 4 is 17.7 Å². The predicted molar refractivity (Wildman–Crippen MR) is 87.0 cm³/mol. The normalized spacial score (nSPS) is 20.0. The number of ether oxygens (including phenoxy) is 1. The molecule has 1 N–H and O–H groups in total. The molecule has 0 saturated carbocycles. The van der Waals surface area contributed by atoms with E-state index in [1.54, 1.807) is 17.0 Å². The van der Waals surface area contributed by atoms with E-state index in [0.717, 1.165) is 18.4 Å². The van der Waals surface area contributed by atoms with Crippen molar-refractivity contribution in [3.05, 3.63) is 34.9 Å². The van der Waals surface area contributed by atoms with Gasteiger partial charge in [0.05, 0.1) is 6.10 Å². The third-order valence-electron chi connectivity index (χ3n) is 3.73. The fourth-order valence-corrected chi connectivity index (χ4v) is 2.95. The van der Waals surface area contributed by atoms with E-state index < -0.39 is 11.7 Å². The lowest BCUT2D eigenvalue weighted by Crippen LogP contribution is -2.40. The minimum absolute atomic E-state index is 0.00355. The van der Waals surface area contributed by atoms with E-state index in [1.165, 1.54) is 0 Å². The maximum absolute atomic E-state index is 12.2. The second-order valence-electron chi connectivity index (χ2n) is 6.78. The van der Waals surface area contributed by atoms with Gasteiger partial charge in [0.15, 0.2) is 0 Å². The summed E-state index contributed by atoms with van der Waals surface area (Å²) in [6.07, 6.45) is 1.39. The first-order valence-corrected chi connectivity index (χ1v) is 8.07. The minimum atomic E-state index is -0.633. The lowest BCUT2D eigenvalue weighted by atomic mass is 10.0. The van der Waals surface area contributed by atoms with Crippen LogP contribution in [0.1, 0.15) is 51.7 Å². The van der Waals surface area contributed by atoms with Gasteiger partial charge in [0, 0.05) is 17.6 Å². The van der Waals surface area contributed by atoms with Crippen molar-refractivity contribution in [2.75, 3.05) is 6.54 Å². The van der Waals surface area contributed by atoms with Crippen LogP contribution in [-0.4, -0.2) is 34.3 Å². The van der Waals surface area contributed by atoms with Gasteiger partial charge >= 0.3 is 6.09 Å². The molecule has 22 heavy (non-hydrogen) atoms. The molecule has 2 atom stereocenters. The van der Waals surface area contributed by atoms with Gasteiger partial charge in [-0.1, -0.05) is 23.7 Å². The molecule has 122 valence electrons. The van der Waals surface area contributed by atoms with Gasteiger partial charge in [-0.3, -0.25) is 0 Å². The smallest absolute Gasteiger partial charge is 0.410 e. The molecule has 2 rings (SSSR count). The Bertz CT molecular complexity index is 527. The lowest BCUT2D eigenvalue weighted by molar-refractivity contribution is 0.0178. The molecular weight excluding hydrogens is 302 g/mol. The van der Waals surface area contributed by atoms with Crippen molar-refractivity contribution in [2.45, 2.75) is 57.8 Å². The molecule has 0 aliphatic carbocycles. The van der Waals surface area contributed by atoms with Crippen molar-refractivity contribution in [3.8, 4) is 0 Å². The summed E-state index contributed by atoms with van der Waals surface area (Å²) < 4.78 is 5.44. The molecule has 5 heteroatoms. The molecule has 1 heterocycles. The van der Waals surface area contributed by atoms with Crippen LogP contribution < -0.4 is 0 Å². The zero-order chi connectivity index (χ0) is 16.3. The Morgan fingerprint density at radius 3 is 2.86 bits per heavy atom. The number of amides is 1. The highest BCUT2D eigenvalue weighted by Crippen LogP contribution is 2.29. The standard InChI is InChI=1S/C17H24ClNO3/c1-17(2,3)22-16(21)19-9-5-8-14(19)11-15(20)12-6-4-7-13(18)10-12/h4,6-7,10,14-15,20H,5,8-9,11H2,1-3H3. The van der Waals surface area contributed by atoms with Crippen molar-refractivity contribution in [2.24, 2.45) is 0 Å². The number of nitrogens with zero attached hydrogens (tertiary/aromatic N) is 1. The first-order valence-electron chi connectivity index (χ1n) is 7.69. The highest BCUT2D eigenvalue weighted by atomic mass is 35.5. The Labute approximate surface area is 137 Å². The molecule has 1 fully saturated rings. The van der Waals surface area contributed by atoms with Gasteiger partial charge < -0.3 is 14.7 Å². The number of carbonyl (C=O) groups excluding carboxylic acids is 1. The van der Waals surface area contributed by atoms with Gasteiger partial charge in [0.2, 0.25) is 0 Å². The van der Waals surface area contributed by atoms with Gasteiger partial charge in [-0.05, 0) is 57.7 Å². The van der Waals surface area contributed by atoms with Gasteiger partial charge in [0.25, 0.3) is 0 Å². The van der Waals surface area contributed by atoms with E-state index in [2.05, 4.69) is 0 Å². The number of benzene rings is 1. The van der Waals surface area contributed by atoms with E-state index in [9.17, 15) is 9.90 Å². The van der Waals surface area contributed by atoms with E-state index in [0.29, 0.717) is 18.0 Å². The van der Waals surface area contributed by atoms with Gasteiger partial charge in [-0.2, -0.15) is 0 Å². The average Bonchev–Trinajstić information content (AvgIpc) is 2.85. The second-order valence-corrected chi connectivity index (χ2v) is 7.21. The minimum Gasteiger partial charge on any atom is -0.444 e. The van der Waals surface area contributed by atoms with Gasteiger partial charge in [-0.25, -0.2) is 4.79 Å². The molecule has 0 radical (unpaired) electrons. The fourth-order valence-electron chi connectivity index (χ4n) is 2.75.